The monoisotopic (exact) mass is 103 g/mol. The fourth-order valence-electron chi connectivity index (χ4n) is 0.539. The molecule has 0 atom stereocenters. The first-order valence-electron chi connectivity index (χ1n) is 2.37. The molecule has 0 bridgehead atoms. The Hall–Kier alpha value is 0.350. The fourth-order valence-corrected chi connectivity index (χ4v) is 1.62. The highest BCUT2D eigenvalue weighted by Crippen LogP contribution is 2.27. The summed E-state index contributed by atoms with van der Waals surface area (Å²) >= 11 is 0. The van der Waals surface area contributed by atoms with Crippen LogP contribution in [0.15, 0.2) is 0 Å². The molecule has 0 heterocycles. The number of rotatable bonds is 1. The van der Waals surface area contributed by atoms with Crippen molar-refractivity contribution in [3.05, 3.63) is 0 Å². The second-order valence-electron chi connectivity index (χ2n) is 2.08. The lowest BCUT2D eigenvalue weighted by atomic mass is 11.0. The Kier molecular flexibility index (Phi) is 1.09. The molecule has 6 heavy (non-hydrogen) atoms. The molecule has 36 valence electrons. The van der Waals surface area contributed by atoms with E-state index in [4.69, 9.17) is 0 Å². The van der Waals surface area contributed by atoms with Gasteiger partial charge in [-0.05, 0) is 23.7 Å². The number of hydrogen-bond donors (Lipinski definition) is 0. The van der Waals surface area contributed by atoms with E-state index in [1.54, 1.807) is 0 Å². The normalized spacial score (nSPS) is 22.5. The fraction of sp³-hybridized carbons (Fsp3) is 1.00. The van der Waals surface area contributed by atoms with Crippen LogP contribution in [0.5, 0.6) is 0 Å². The van der Waals surface area contributed by atoms with Gasteiger partial charge in [0.1, 0.15) is 5.25 Å². The van der Waals surface area contributed by atoms with E-state index in [1.165, 1.54) is 12.8 Å². The van der Waals surface area contributed by atoms with Gasteiger partial charge in [0, 0.05) is 0 Å². The Morgan fingerprint density at radius 2 is 1.83 bits per heavy atom. The third-order valence-electron chi connectivity index (χ3n) is 1.19. The van der Waals surface area contributed by atoms with Crippen molar-refractivity contribution in [2.45, 2.75) is 18.1 Å². The first-order valence-corrected chi connectivity index (χ1v) is 4.47. The van der Waals surface area contributed by atoms with Crippen molar-refractivity contribution in [3.8, 4) is 0 Å². The van der Waals surface area contributed by atoms with E-state index in [0.29, 0.717) is 0 Å². The molecule has 1 fully saturated rings. The Labute approximate surface area is 42.3 Å². The molecule has 1 saturated carbocycles. The molecule has 1 aliphatic rings. The summed E-state index contributed by atoms with van der Waals surface area (Å²) in [4.78, 5) is 0. The SMILES string of the molecule is C[S+](C)C1CC1. The molecule has 0 saturated heterocycles. The molecule has 1 rings (SSSR count). The van der Waals surface area contributed by atoms with E-state index < -0.39 is 0 Å². The summed E-state index contributed by atoms with van der Waals surface area (Å²) in [5.41, 5.74) is 0. The Balaban J connectivity index is 2.13. The third-order valence-corrected chi connectivity index (χ3v) is 3.00. The molecule has 0 aromatic rings. The lowest BCUT2D eigenvalue weighted by Crippen LogP contribution is -1.99. The van der Waals surface area contributed by atoms with Crippen molar-refractivity contribution < 1.29 is 0 Å². The second-order valence-corrected chi connectivity index (χ2v) is 4.50. The van der Waals surface area contributed by atoms with Crippen LogP contribution in [0, 0.1) is 0 Å². The van der Waals surface area contributed by atoms with E-state index in [1.807, 2.05) is 0 Å². The molecule has 0 aliphatic heterocycles. The highest BCUT2D eigenvalue weighted by molar-refractivity contribution is 7.96. The van der Waals surface area contributed by atoms with Crippen LogP contribution in [0.4, 0.5) is 0 Å². The van der Waals surface area contributed by atoms with Crippen molar-refractivity contribution in [1.29, 1.82) is 0 Å². The Morgan fingerprint density at radius 3 is 1.83 bits per heavy atom. The highest BCUT2D eigenvalue weighted by atomic mass is 32.2. The van der Waals surface area contributed by atoms with Crippen molar-refractivity contribution in [1.82, 2.24) is 0 Å². The van der Waals surface area contributed by atoms with E-state index in [0.717, 1.165) is 16.1 Å². The number of hydrogen-bond acceptors (Lipinski definition) is 0. The summed E-state index contributed by atoms with van der Waals surface area (Å²) < 4.78 is 0. The van der Waals surface area contributed by atoms with Gasteiger partial charge in [0.25, 0.3) is 0 Å². The summed E-state index contributed by atoms with van der Waals surface area (Å²) in [5, 5.41) is 1.13. The lowest BCUT2D eigenvalue weighted by Gasteiger charge is -1.84. The molecule has 0 nitrogen and oxygen atoms in total. The zero-order valence-corrected chi connectivity index (χ0v) is 5.22. The maximum atomic E-state index is 2.33. The highest BCUT2D eigenvalue weighted by Gasteiger charge is 2.33. The zero-order valence-electron chi connectivity index (χ0n) is 4.40. The topological polar surface area (TPSA) is 0 Å². The largest absolute Gasteiger partial charge is 0.118 e. The average Bonchev–Trinajstić information content (AvgIpc) is 2.06. The molecular formula is C5H11S+. The van der Waals surface area contributed by atoms with Gasteiger partial charge in [0.15, 0.2) is 0 Å². The summed E-state index contributed by atoms with van der Waals surface area (Å²) in [5.74, 6) is 0. The van der Waals surface area contributed by atoms with Crippen molar-refractivity contribution in [3.63, 3.8) is 0 Å². The van der Waals surface area contributed by atoms with E-state index in [-0.39, 0.29) is 0 Å². The maximum Gasteiger partial charge on any atom is 0.118 e. The molecule has 1 heteroatoms. The van der Waals surface area contributed by atoms with Crippen molar-refractivity contribution in [2.75, 3.05) is 12.5 Å². The molecule has 0 spiro atoms. The summed E-state index contributed by atoms with van der Waals surface area (Å²) in [6.07, 6.45) is 7.68. The lowest BCUT2D eigenvalue weighted by molar-refractivity contribution is 1.50. The van der Waals surface area contributed by atoms with Crippen LogP contribution < -0.4 is 0 Å². The first kappa shape index (κ1) is 4.51. The molecule has 0 amide bonds. The van der Waals surface area contributed by atoms with Gasteiger partial charge >= 0.3 is 0 Å². The van der Waals surface area contributed by atoms with Crippen molar-refractivity contribution in [2.24, 2.45) is 0 Å². The molecule has 0 N–H and O–H groups in total. The van der Waals surface area contributed by atoms with Gasteiger partial charge in [-0.15, -0.1) is 0 Å². The third kappa shape index (κ3) is 0.904. The first-order chi connectivity index (χ1) is 2.80. The van der Waals surface area contributed by atoms with E-state index in [9.17, 15) is 0 Å². The van der Waals surface area contributed by atoms with Crippen LogP contribution in [-0.4, -0.2) is 17.8 Å². The van der Waals surface area contributed by atoms with E-state index in [2.05, 4.69) is 12.5 Å². The minimum Gasteiger partial charge on any atom is -0.0159 e. The van der Waals surface area contributed by atoms with Crippen LogP contribution in [0.25, 0.3) is 0 Å². The average molecular weight is 103 g/mol. The van der Waals surface area contributed by atoms with Gasteiger partial charge in [-0.3, -0.25) is 0 Å². The predicted molar refractivity (Wildman–Crippen MR) is 32.2 cm³/mol. The standard InChI is InChI=1S/C5H11S/c1-6(2)5-3-4-5/h5H,3-4H2,1-2H3/q+1. The molecule has 0 unspecified atom stereocenters. The second kappa shape index (κ2) is 1.45. The predicted octanol–water partition coefficient (Wildman–Crippen LogP) is 1.03. The summed E-state index contributed by atoms with van der Waals surface area (Å²) in [7, 11) is 0.744. The molecule has 0 aromatic carbocycles. The zero-order chi connectivity index (χ0) is 4.57. The van der Waals surface area contributed by atoms with Crippen LogP contribution >= 0.6 is 0 Å². The Bertz CT molecular complexity index is 45.9. The molecule has 0 aromatic heterocycles. The Morgan fingerprint density at radius 1 is 1.33 bits per heavy atom. The van der Waals surface area contributed by atoms with Crippen LogP contribution in [0.3, 0.4) is 0 Å². The van der Waals surface area contributed by atoms with Crippen LogP contribution in [0.1, 0.15) is 12.8 Å². The van der Waals surface area contributed by atoms with Gasteiger partial charge in [0.05, 0.1) is 12.5 Å². The maximum absolute atomic E-state index is 2.33. The van der Waals surface area contributed by atoms with Gasteiger partial charge < -0.3 is 0 Å². The molecule has 1 aliphatic carbocycles. The van der Waals surface area contributed by atoms with Crippen LogP contribution in [-0.2, 0) is 10.9 Å². The van der Waals surface area contributed by atoms with Gasteiger partial charge in [-0.25, -0.2) is 0 Å². The quantitative estimate of drug-likeness (QED) is 0.435. The summed E-state index contributed by atoms with van der Waals surface area (Å²) in [6, 6.07) is 0. The van der Waals surface area contributed by atoms with Crippen LogP contribution in [0.2, 0.25) is 0 Å². The van der Waals surface area contributed by atoms with Crippen molar-refractivity contribution >= 4 is 10.9 Å². The minimum atomic E-state index is 0.744. The molecular weight excluding hydrogens is 92.1 g/mol. The van der Waals surface area contributed by atoms with Gasteiger partial charge in [-0.2, -0.15) is 0 Å². The molecule has 0 radical (unpaired) electrons. The van der Waals surface area contributed by atoms with Gasteiger partial charge in [0.2, 0.25) is 0 Å². The summed E-state index contributed by atoms with van der Waals surface area (Å²) in [6.45, 7) is 0. The van der Waals surface area contributed by atoms with Gasteiger partial charge in [-0.1, -0.05) is 0 Å². The smallest absolute Gasteiger partial charge is 0.0159 e. The minimum absolute atomic E-state index is 0.744. The van der Waals surface area contributed by atoms with E-state index >= 15 is 0 Å².